The molecule has 2 rings (SSSR count). The van der Waals surface area contributed by atoms with E-state index in [1.165, 1.54) is 0 Å². The molecule has 19 heavy (non-hydrogen) atoms. The van der Waals surface area contributed by atoms with Crippen LogP contribution in [0.4, 0.5) is 0 Å². The highest BCUT2D eigenvalue weighted by atomic mass is 32.2. The number of hydrogen-bond donors (Lipinski definition) is 1. The molecule has 0 saturated carbocycles. The van der Waals surface area contributed by atoms with E-state index in [-0.39, 0.29) is 5.25 Å². The Morgan fingerprint density at radius 2 is 2.00 bits per heavy atom. The molecule has 1 aliphatic heterocycles. The maximum Gasteiger partial charge on any atom is 0.118 e. The third kappa shape index (κ3) is 4.75. The van der Waals surface area contributed by atoms with Crippen molar-refractivity contribution in [1.82, 2.24) is 5.32 Å². The van der Waals surface area contributed by atoms with Crippen LogP contribution >= 0.6 is 0 Å². The Labute approximate surface area is 117 Å². The van der Waals surface area contributed by atoms with E-state index in [9.17, 15) is 4.21 Å². The van der Waals surface area contributed by atoms with Crippen molar-refractivity contribution >= 4 is 10.8 Å². The van der Waals surface area contributed by atoms with E-state index in [0.717, 1.165) is 44.1 Å². The molecule has 0 bridgehead atoms. The van der Waals surface area contributed by atoms with Crippen LogP contribution in [0.15, 0.2) is 16.5 Å². The van der Waals surface area contributed by atoms with Gasteiger partial charge in [-0.3, -0.25) is 4.21 Å². The Morgan fingerprint density at radius 1 is 1.32 bits per heavy atom. The fourth-order valence-electron chi connectivity index (χ4n) is 2.10. The number of ether oxygens (including phenoxy) is 1. The second-order valence-electron chi connectivity index (χ2n) is 5.24. The molecule has 1 aromatic heterocycles. The first-order valence-corrected chi connectivity index (χ1v) is 8.29. The van der Waals surface area contributed by atoms with Crippen molar-refractivity contribution in [2.24, 2.45) is 0 Å². The standard InChI is InChI=1S/C14H23NO3S/c1-11(2)15-9-12-3-4-13(18-12)10-19(16)14-5-7-17-8-6-14/h3-4,11,14-15H,5-10H2,1-2H3. The van der Waals surface area contributed by atoms with E-state index >= 15 is 0 Å². The molecule has 1 unspecified atom stereocenters. The summed E-state index contributed by atoms with van der Waals surface area (Å²) in [4.78, 5) is 0. The first-order chi connectivity index (χ1) is 9.15. The fourth-order valence-corrected chi connectivity index (χ4v) is 3.49. The second-order valence-corrected chi connectivity index (χ2v) is 6.96. The van der Waals surface area contributed by atoms with Gasteiger partial charge in [0.1, 0.15) is 11.5 Å². The summed E-state index contributed by atoms with van der Waals surface area (Å²) in [5.41, 5.74) is 0. The normalized spacial score (nSPS) is 18.9. The van der Waals surface area contributed by atoms with Crippen molar-refractivity contribution in [1.29, 1.82) is 0 Å². The van der Waals surface area contributed by atoms with Crippen LogP contribution in [0.1, 0.15) is 38.2 Å². The summed E-state index contributed by atoms with van der Waals surface area (Å²) in [6, 6.07) is 4.34. The first-order valence-electron chi connectivity index (χ1n) is 6.91. The zero-order chi connectivity index (χ0) is 13.7. The minimum absolute atomic E-state index is 0.260. The van der Waals surface area contributed by atoms with Gasteiger partial charge in [0.05, 0.1) is 12.3 Å². The van der Waals surface area contributed by atoms with Crippen molar-refractivity contribution in [3.8, 4) is 0 Å². The highest BCUT2D eigenvalue weighted by Gasteiger charge is 2.21. The lowest BCUT2D eigenvalue weighted by Gasteiger charge is -2.20. The van der Waals surface area contributed by atoms with E-state index in [1.807, 2.05) is 12.1 Å². The average molecular weight is 285 g/mol. The summed E-state index contributed by atoms with van der Waals surface area (Å²) < 4.78 is 23.2. The van der Waals surface area contributed by atoms with Crippen LogP contribution in [0, 0.1) is 0 Å². The zero-order valence-corrected chi connectivity index (χ0v) is 12.5. The summed E-state index contributed by atoms with van der Waals surface area (Å²) in [5, 5.41) is 3.57. The van der Waals surface area contributed by atoms with Crippen molar-refractivity contribution in [3.63, 3.8) is 0 Å². The Balaban J connectivity index is 1.83. The van der Waals surface area contributed by atoms with E-state index < -0.39 is 10.8 Å². The van der Waals surface area contributed by atoms with Gasteiger partial charge in [0.25, 0.3) is 0 Å². The molecule has 1 N–H and O–H groups in total. The molecule has 2 heterocycles. The average Bonchev–Trinajstić information content (AvgIpc) is 2.85. The van der Waals surface area contributed by atoms with Crippen LogP contribution in [0.25, 0.3) is 0 Å². The minimum Gasteiger partial charge on any atom is -0.464 e. The predicted octanol–water partition coefficient (Wildman–Crippen LogP) is 2.21. The molecule has 4 nitrogen and oxygen atoms in total. The third-order valence-electron chi connectivity index (χ3n) is 3.23. The van der Waals surface area contributed by atoms with Gasteiger partial charge in [-0.1, -0.05) is 13.8 Å². The highest BCUT2D eigenvalue weighted by Crippen LogP contribution is 2.18. The molecule has 5 heteroatoms. The largest absolute Gasteiger partial charge is 0.464 e. The van der Waals surface area contributed by atoms with Crippen LogP contribution in [-0.4, -0.2) is 28.7 Å². The number of rotatable bonds is 6. The lowest BCUT2D eigenvalue weighted by molar-refractivity contribution is 0.0991. The topological polar surface area (TPSA) is 51.5 Å². The summed E-state index contributed by atoms with van der Waals surface area (Å²) in [7, 11) is -0.851. The fraction of sp³-hybridized carbons (Fsp3) is 0.714. The van der Waals surface area contributed by atoms with Gasteiger partial charge in [-0.2, -0.15) is 0 Å². The predicted molar refractivity (Wildman–Crippen MR) is 76.4 cm³/mol. The van der Waals surface area contributed by atoms with Crippen molar-refractivity contribution < 1.29 is 13.4 Å². The Morgan fingerprint density at radius 3 is 2.68 bits per heavy atom. The van der Waals surface area contributed by atoms with Gasteiger partial charge in [-0.15, -0.1) is 0 Å². The van der Waals surface area contributed by atoms with Crippen LogP contribution in [0.3, 0.4) is 0 Å². The van der Waals surface area contributed by atoms with Crippen LogP contribution < -0.4 is 5.32 Å². The van der Waals surface area contributed by atoms with Gasteiger partial charge < -0.3 is 14.5 Å². The van der Waals surface area contributed by atoms with Crippen LogP contribution in [0.5, 0.6) is 0 Å². The van der Waals surface area contributed by atoms with Gasteiger partial charge in [-0.25, -0.2) is 0 Å². The number of nitrogens with one attached hydrogen (secondary N) is 1. The third-order valence-corrected chi connectivity index (χ3v) is 5.01. The van der Waals surface area contributed by atoms with Gasteiger partial charge in [-0.05, 0) is 25.0 Å². The molecule has 1 aromatic rings. The van der Waals surface area contributed by atoms with Crippen molar-refractivity contribution in [3.05, 3.63) is 23.7 Å². The van der Waals surface area contributed by atoms with Gasteiger partial charge in [0, 0.05) is 35.3 Å². The molecule has 0 radical (unpaired) electrons. The van der Waals surface area contributed by atoms with E-state index in [4.69, 9.17) is 9.15 Å². The molecule has 0 spiro atoms. The van der Waals surface area contributed by atoms with Crippen LogP contribution in [0.2, 0.25) is 0 Å². The summed E-state index contributed by atoms with van der Waals surface area (Å²) in [5.74, 6) is 2.25. The lowest BCUT2D eigenvalue weighted by Crippen LogP contribution is -2.25. The highest BCUT2D eigenvalue weighted by molar-refractivity contribution is 7.84. The monoisotopic (exact) mass is 285 g/mol. The molecule has 108 valence electrons. The van der Waals surface area contributed by atoms with Crippen LogP contribution in [-0.2, 0) is 27.8 Å². The molecule has 1 fully saturated rings. The van der Waals surface area contributed by atoms with Gasteiger partial charge in [0.2, 0.25) is 0 Å². The minimum atomic E-state index is -0.851. The molecular formula is C14H23NO3S. The Hall–Kier alpha value is -0.650. The molecule has 1 atom stereocenters. The quantitative estimate of drug-likeness (QED) is 0.870. The summed E-state index contributed by atoms with van der Waals surface area (Å²) in [6.45, 7) is 6.39. The van der Waals surface area contributed by atoms with Crippen molar-refractivity contribution in [2.45, 2.75) is 50.3 Å². The number of furan rings is 1. The lowest BCUT2D eigenvalue weighted by atomic mass is 10.2. The molecule has 0 aromatic carbocycles. The van der Waals surface area contributed by atoms with Gasteiger partial charge >= 0.3 is 0 Å². The summed E-state index contributed by atoms with van der Waals surface area (Å²) in [6.07, 6.45) is 1.80. The maximum atomic E-state index is 12.2. The van der Waals surface area contributed by atoms with Crippen molar-refractivity contribution in [2.75, 3.05) is 13.2 Å². The van der Waals surface area contributed by atoms with E-state index in [0.29, 0.717) is 11.8 Å². The zero-order valence-electron chi connectivity index (χ0n) is 11.7. The Bertz CT molecular complexity index is 411. The second kappa shape index (κ2) is 7.22. The maximum absolute atomic E-state index is 12.2. The molecule has 1 saturated heterocycles. The van der Waals surface area contributed by atoms with E-state index in [1.54, 1.807) is 0 Å². The molecular weight excluding hydrogens is 262 g/mol. The Kier molecular flexibility index (Phi) is 5.60. The molecule has 0 amide bonds. The first kappa shape index (κ1) is 14.8. The van der Waals surface area contributed by atoms with E-state index in [2.05, 4.69) is 19.2 Å². The smallest absolute Gasteiger partial charge is 0.118 e. The number of hydrogen-bond acceptors (Lipinski definition) is 4. The molecule has 1 aliphatic rings. The molecule has 0 aliphatic carbocycles. The summed E-state index contributed by atoms with van der Waals surface area (Å²) >= 11 is 0. The SMILES string of the molecule is CC(C)NCc1ccc(CS(=O)C2CCOCC2)o1. The van der Waals surface area contributed by atoms with Gasteiger partial charge in [0.15, 0.2) is 0 Å².